The average Bonchev–Trinajstić information content (AvgIpc) is 3.45. The molecule has 1 aliphatic carbocycles. The third-order valence-electron chi connectivity index (χ3n) is 6.71. The highest BCUT2D eigenvalue weighted by atomic mass is 35.5. The smallest absolute Gasteiger partial charge is 0.268 e. The molecule has 0 aliphatic heterocycles. The van der Waals surface area contributed by atoms with E-state index in [4.69, 9.17) is 33.9 Å². The third-order valence-corrected chi connectivity index (χ3v) is 9.52. The quantitative estimate of drug-likeness (QED) is 0.225. The first-order valence-electron chi connectivity index (χ1n) is 12.0. The Morgan fingerprint density at radius 1 is 0.974 bits per heavy atom. The molecule has 38 heavy (non-hydrogen) atoms. The van der Waals surface area contributed by atoms with Gasteiger partial charge in [-0.05, 0) is 72.7 Å². The normalized spacial score (nSPS) is 12.8. The Morgan fingerprint density at radius 2 is 1.63 bits per heavy atom. The number of fused-ring (bicyclic) bond motifs is 2. The van der Waals surface area contributed by atoms with Crippen molar-refractivity contribution in [2.75, 3.05) is 11.1 Å². The van der Waals surface area contributed by atoms with Crippen molar-refractivity contribution >= 4 is 72.7 Å². The number of aromatic nitrogens is 1. The van der Waals surface area contributed by atoms with Crippen LogP contribution in [0.2, 0.25) is 10.0 Å². The molecule has 0 atom stereocenters. The monoisotopic (exact) mass is 574 g/mol. The predicted octanol–water partition coefficient (Wildman–Crippen LogP) is 8.58. The highest BCUT2D eigenvalue weighted by Gasteiger charge is 2.25. The minimum atomic E-state index is -0.337. The third kappa shape index (κ3) is 4.44. The average molecular weight is 576 g/mol. The molecule has 1 amide bonds. The van der Waals surface area contributed by atoms with Gasteiger partial charge in [-0.3, -0.25) is 4.79 Å². The molecule has 0 radical (unpaired) electrons. The van der Waals surface area contributed by atoms with E-state index in [-0.39, 0.29) is 5.91 Å². The van der Waals surface area contributed by atoms with Crippen molar-refractivity contribution in [3.8, 4) is 28.5 Å². The number of hydrogen-bond donors (Lipinski definition) is 2. The van der Waals surface area contributed by atoms with E-state index < -0.39 is 0 Å². The number of carbonyl (C=O) groups excluding carboxylic acids is 1. The number of halogens is 2. The highest BCUT2D eigenvalue weighted by molar-refractivity contribution is 7.21. The van der Waals surface area contributed by atoms with Crippen LogP contribution >= 0.6 is 45.9 Å². The zero-order valence-corrected chi connectivity index (χ0v) is 23.1. The Labute approximate surface area is 237 Å². The van der Waals surface area contributed by atoms with E-state index >= 15 is 0 Å². The van der Waals surface area contributed by atoms with Crippen LogP contribution in [-0.4, -0.2) is 10.9 Å². The van der Waals surface area contributed by atoms with Crippen LogP contribution in [0.15, 0.2) is 54.6 Å². The number of hydrogen-bond acceptors (Lipinski definition) is 6. The van der Waals surface area contributed by atoms with Gasteiger partial charge in [0, 0.05) is 25.9 Å². The number of nitrogens with one attached hydrogen (secondary N) is 1. The summed E-state index contributed by atoms with van der Waals surface area (Å²) in [5, 5.41) is 15.4. The molecule has 0 saturated carbocycles. The van der Waals surface area contributed by atoms with Crippen molar-refractivity contribution in [1.82, 2.24) is 4.98 Å². The lowest BCUT2D eigenvalue weighted by molar-refractivity contribution is 0.103. The molecule has 5 aromatic rings. The summed E-state index contributed by atoms with van der Waals surface area (Å²) in [6.45, 7) is 0. The Kier molecular flexibility index (Phi) is 6.58. The van der Waals surface area contributed by atoms with Gasteiger partial charge in [0.2, 0.25) is 0 Å². The second-order valence-electron chi connectivity index (χ2n) is 9.07. The van der Waals surface area contributed by atoms with Gasteiger partial charge in [0.1, 0.15) is 20.8 Å². The molecule has 0 fully saturated rings. The number of thiophene rings is 2. The van der Waals surface area contributed by atoms with Gasteiger partial charge < -0.3 is 11.1 Å². The van der Waals surface area contributed by atoms with Crippen LogP contribution in [0.3, 0.4) is 0 Å². The fourth-order valence-corrected chi connectivity index (χ4v) is 7.35. The fourth-order valence-electron chi connectivity index (χ4n) is 4.85. The Hall–Kier alpha value is -3.41. The second kappa shape index (κ2) is 10.0. The molecule has 188 valence electrons. The van der Waals surface area contributed by atoms with E-state index in [1.165, 1.54) is 27.6 Å². The van der Waals surface area contributed by atoms with E-state index in [2.05, 4.69) is 11.4 Å². The number of nitrogen functional groups attached to an aromatic ring is 1. The lowest BCUT2D eigenvalue weighted by Gasteiger charge is -2.09. The Bertz CT molecular complexity index is 1750. The Morgan fingerprint density at radius 3 is 2.32 bits per heavy atom. The summed E-state index contributed by atoms with van der Waals surface area (Å²) in [7, 11) is 0. The summed E-state index contributed by atoms with van der Waals surface area (Å²) in [5.41, 5.74) is 12.1. The minimum absolute atomic E-state index is 0.337. The van der Waals surface area contributed by atoms with E-state index in [9.17, 15) is 10.1 Å². The van der Waals surface area contributed by atoms with Crippen LogP contribution in [0.4, 0.5) is 10.7 Å². The van der Waals surface area contributed by atoms with Crippen LogP contribution in [0, 0.1) is 11.3 Å². The number of benzene rings is 2. The van der Waals surface area contributed by atoms with Gasteiger partial charge in [0.05, 0.1) is 16.9 Å². The molecule has 3 aromatic heterocycles. The van der Waals surface area contributed by atoms with Crippen LogP contribution in [-0.2, 0) is 12.8 Å². The molecule has 5 nitrogen and oxygen atoms in total. The van der Waals surface area contributed by atoms with Gasteiger partial charge in [0.25, 0.3) is 5.91 Å². The van der Waals surface area contributed by atoms with Gasteiger partial charge in [-0.15, -0.1) is 22.7 Å². The summed E-state index contributed by atoms with van der Waals surface area (Å²) in [4.78, 5) is 20.6. The molecular weight excluding hydrogens is 555 g/mol. The minimum Gasteiger partial charge on any atom is -0.397 e. The van der Waals surface area contributed by atoms with Gasteiger partial charge >= 0.3 is 0 Å². The molecule has 1 aliphatic rings. The number of rotatable bonds is 4. The van der Waals surface area contributed by atoms with Crippen LogP contribution in [0.1, 0.15) is 38.5 Å². The lowest BCUT2D eigenvalue weighted by atomic mass is 9.96. The molecule has 0 bridgehead atoms. The number of nitriles is 1. The topological polar surface area (TPSA) is 91.8 Å². The molecule has 0 saturated heterocycles. The van der Waals surface area contributed by atoms with Gasteiger partial charge in [0.15, 0.2) is 0 Å². The summed E-state index contributed by atoms with van der Waals surface area (Å²) >= 11 is 15.0. The zero-order valence-electron chi connectivity index (χ0n) is 20.0. The van der Waals surface area contributed by atoms with Crippen LogP contribution < -0.4 is 11.1 Å². The number of amides is 1. The van der Waals surface area contributed by atoms with Crippen molar-refractivity contribution in [2.45, 2.75) is 25.7 Å². The lowest BCUT2D eigenvalue weighted by Crippen LogP contribution is -2.12. The standard InChI is InChI=1S/C29H20Cl2N4OS2/c30-17-9-5-15(6-10-17)20-13-22(16-7-11-18(31)12-8-16)34-29-24(20)25(33)26(38-29)27(36)35-28-21(14-32)19-3-1-2-4-23(19)37-28/h5-13H,1-4,33H2,(H,35,36). The first-order valence-corrected chi connectivity index (χ1v) is 14.4. The number of pyridine rings is 1. The number of nitrogens with two attached hydrogens (primary N) is 1. The number of carbonyl (C=O) groups is 1. The van der Waals surface area contributed by atoms with E-state index in [1.807, 2.05) is 54.6 Å². The van der Waals surface area contributed by atoms with Crippen LogP contribution in [0.25, 0.3) is 32.6 Å². The largest absolute Gasteiger partial charge is 0.397 e. The SMILES string of the molecule is N#Cc1c(NC(=O)c2sc3nc(-c4ccc(Cl)cc4)cc(-c4ccc(Cl)cc4)c3c2N)sc2c1CCCC2. The molecule has 6 rings (SSSR count). The van der Waals surface area contributed by atoms with E-state index in [1.54, 1.807) is 0 Å². The van der Waals surface area contributed by atoms with Crippen molar-refractivity contribution in [3.63, 3.8) is 0 Å². The molecule has 3 heterocycles. The summed E-state index contributed by atoms with van der Waals surface area (Å²) in [6, 6.07) is 19.2. The fraction of sp³-hybridized carbons (Fsp3) is 0.138. The van der Waals surface area contributed by atoms with Gasteiger partial charge in [-0.2, -0.15) is 5.26 Å². The van der Waals surface area contributed by atoms with Crippen molar-refractivity contribution in [3.05, 3.63) is 85.5 Å². The Balaban J connectivity index is 1.47. The van der Waals surface area contributed by atoms with Gasteiger partial charge in [-0.25, -0.2) is 4.98 Å². The van der Waals surface area contributed by atoms with Crippen molar-refractivity contribution in [2.24, 2.45) is 0 Å². The molecule has 2 aromatic carbocycles. The molecule has 9 heteroatoms. The predicted molar refractivity (Wildman–Crippen MR) is 159 cm³/mol. The summed E-state index contributed by atoms with van der Waals surface area (Å²) in [5.74, 6) is -0.337. The highest BCUT2D eigenvalue weighted by Crippen LogP contribution is 2.43. The van der Waals surface area contributed by atoms with Gasteiger partial charge in [-0.1, -0.05) is 47.5 Å². The first kappa shape index (κ1) is 24.9. The van der Waals surface area contributed by atoms with Crippen molar-refractivity contribution in [1.29, 1.82) is 5.26 Å². The number of aryl methyl sites for hydroxylation is 1. The maximum Gasteiger partial charge on any atom is 0.268 e. The van der Waals surface area contributed by atoms with E-state index in [0.717, 1.165) is 53.6 Å². The maximum atomic E-state index is 13.5. The van der Waals surface area contributed by atoms with E-state index in [0.29, 0.717) is 41.4 Å². The van der Waals surface area contributed by atoms with Crippen molar-refractivity contribution < 1.29 is 4.79 Å². The molecule has 0 unspecified atom stereocenters. The summed E-state index contributed by atoms with van der Waals surface area (Å²) in [6.07, 6.45) is 3.98. The summed E-state index contributed by atoms with van der Waals surface area (Å²) < 4.78 is 0. The maximum absolute atomic E-state index is 13.5. The first-order chi connectivity index (χ1) is 18.4. The molecular formula is C29H20Cl2N4OS2. The second-order valence-corrected chi connectivity index (χ2v) is 12.1. The van der Waals surface area contributed by atoms with Crippen LogP contribution in [0.5, 0.6) is 0 Å². The number of nitrogens with zero attached hydrogens (tertiary/aromatic N) is 2. The molecule has 0 spiro atoms. The zero-order chi connectivity index (χ0) is 26.4. The number of anilines is 2. The molecule has 3 N–H and O–H groups in total.